The predicted molar refractivity (Wildman–Crippen MR) is 80.0 cm³/mol. The van der Waals surface area contributed by atoms with Gasteiger partial charge in [0.25, 0.3) is 5.69 Å². The zero-order valence-corrected chi connectivity index (χ0v) is 12.9. The van der Waals surface area contributed by atoms with Gasteiger partial charge in [-0.1, -0.05) is 13.8 Å². The second-order valence-electron chi connectivity index (χ2n) is 5.74. The van der Waals surface area contributed by atoms with Crippen LogP contribution in [-0.4, -0.2) is 37.8 Å². The second kappa shape index (κ2) is 6.30. The molecule has 1 aliphatic rings. The molecular weight excluding hydrogens is 286 g/mol. The molecule has 1 saturated heterocycles. The quantitative estimate of drug-likeness (QED) is 0.672. The van der Waals surface area contributed by atoms with Crippen LogP contribution in [0.25, 0.3) is 0 Å². The Morgan fingerprint density at radius 2 is 2.27 bits per heavy atom. The lowest BCUT2D eigenvalue weighted by Gasteiger charge is -2.38. The largest absolute Gasteiger partial charge is 0.496 e. The van der Waals surface area contributed by atoms with Crippen molar-refractivity contribution in [2.24, 2.45) is 0 Å². The zero-order chi connectivity index (χ0) is 16.3. The van der Waals surface area contributed by atoms with E-state index < -0.39 is 10.3 Å². The van der Waals surface area contributed by atoms with E-state index in [1.54, 1.807) is 6.07 Å². The van der Waals surface area contributed by atoms with Crippen molar-refractivity contribution < 1.29 is 14.4 Å². The van der Waals surface area contributed by atoms with E-state index in [1.807, 2.05) is 19.9 Å². The van der Waals surface area contributed by atoms with Gasteiger partial charge < -0.3 is 14.8 Å². The number of nitrogens with one attached hydrogen (secondary N) is 1. The molecule has 1 N–H and O–H groups in total. The van der Waals surface area contributed by atoms with Gasteiger partial charge in [-0.25, -0.2) is 0 Å². The molecule has 0 spiro atoms. The van der Waals surface area contributed by atoms with Gasteiger partial charge in [-0.3, -0.25) is 10.1 Å². The first-order valence-corrected chi connectivity index (χ1v) is 7.00. The normalized spacial score (nSPS) is 18.5. The lowest BCUT2D eigenvalue weighted by atomic mass is 9.76. The Labute approximate surface area is 129 Å². The van der Waals surface area contributed by atoms with Crippen molar-refractivity contribution in [1.29, 1.82) is 5.26 Å². The van der Waals surface area contributed by atoms with Crippen LogP contribution in [0.15, 0.2) is 12.1 Å². The molecule has 1 unspecified atom stereocenters. The minimum atomic E-state index is -0.570. The van der Waals surface area contributed by atoms with E-state index in [-0.39, 0.29) is 17.3 Å². The molecular formula is C15H19N3O4. The first-order valence-electron chi connectivity index (χ1n) is 7.00. The Kier molecular flexibility index (Phi) is 4.64. The van der Waals surface area contributed by atoms with Crippen molar-refractivity contribution in [3.63, 3.8) is 0 Å². The molecule has 1 fully saturated rings. The number of nitro benzene ring substituents is 1. The summed E-state index contributed by atoms with van der Waals surface area (Å²) in [6.07, 6.45) is 0. The van der Waals surface area contributed by atoms with Gasteiger partial charge in [-0.15, -0.1) is 0 Å². The van der Waals surface area contributed by atoms with Crippen LogP contribution in [0.1, 0.15) is 25.0 Å². The van der Waals surface area contributed by atoms with E-state index in [1.165, 1.54) is 13.2 Å². The molecule has 118 valence electrons. The van der Waals surface area contributed by atoms with Crippen LogP contribution in [0.5, 0.6) is 5.75 Å². The van der Waals surface area contributed by atoms with Crippen molar-refractivity contribution in [1.82, 2.24) is 5.32 Å². The summed E-state index contributed by atoms with van der Waals surface area (Å²) >= 11 is 0. The fourth-order valence-electron chi connectivity index (χ4n) is 2.70. The Hall–Kier alpha value is -2.17. The molecule has 0 bridgehead atoms. The number of benzene rings is 1. The minimum absolute atomic E-state index is 0.0307. The molecule has 1 atom stereocenters. The monoisotopic (exact) mass is 305 g/mol. The Morgan fingerprint density at radius 3 is 2.77 bits per heavy atom. The molecule has 0 amide bonds. The van der Waals surface area contributed by atoms with Crippen LogP contribution in [-0.2, 0) is 10.2 Å². The average molecular weight is 305 g/mol. The fraction of sp³-hybridized carbons (Fsp3) is 0.533. The number of nitriles is 1. The molecule has 1 aromatic carbocycles. The van der Waals surface area contributed by atoms with Crippen molar-refractivity contribution in [2.75, 3.05) is 26.9 Å². The van der Waals surface area contributed by atoms with Gasteiger partial charge in [0.2, 0.25) is 0 Å². The van der Waals surface area contributed by atoms with Gasteiger partial charge >= 0.3 is 0 Å². The SMILES string of the molecule is COc1cc([N+](=O)[O-])c(C#N)cc1C(C)(C)C1COCCN1. The molecule has 7 heteroatoms. The molecule has 0 aliphatic carbocycles. The summed E-state index contributed by atoms with van der Waals surface area (Å²) < 4.78 is 10.8. The van der Waals surface area contributed by atoms with Crippen molar-refractivity contribution in [3.8, 4) is 11.8 Å². The number of nitro groups is 1. The van der Waals surface area contributed by atoms with Crippen molar-refractivity contribution in [2.45, 2.75) is 25.3 Å². The van der Waals surface area contributed by atoms with Crippen LogP contribution in [0.3, 0.4) is 0 Å². The molecule has 0 radical (unpaired) electrons. The van der Waals surface area contributed by atoms with E-state index in [2.05, 4.69) is 5.32 Å². The molecule has 7 nitrogen and oxygen atoms in total. The molecule has 2 rings (SSSR count). The van der Waals surface area contributed by atoms with Crippen molar-refractivity contribution >= 4 is 5.69 Å². The number of rotatable bonds is 4. The molecule has 1 aliphatic heterocycles. The van der Waals surface area contributed by atoms with E-state index in [0.29, 0.717) is 19.0 Å². The topological polar surface area (TPSA) is 97.4 Å². The maximum Gasteiger partial charge on any atom is 0.290 e. The maximum absolute atomic E-state index is 11.1. The lowest BCUT2D eigenvalue weighted by molar-refractivity contribution is -0.385. The molecule has 1 heterocycles. The number of morpholine rings is 1. The highest BCUT2D eigenvalue weighted by Crippen LogP contribution is 2.38. The van der Waals surface area contributed by atoms with E-state index in [0.717, 1.165) is 12.1 Å². The summed E-state index contributed by atoms with van der Waals surface area (Å²) in [7, 11) is 1.47. The number of ether oxygens (including phenoxy) is 2. The number of nitrogens with zero attached hydrogens (tertiary/aromatic N) is 2. The number of methoxy groups -OCH3 is 1. The molecule has 22 heavy (non-hydrogen) atoms. The van der Waals surface area contributed by atoms with Gasteiger partial charge in [0.1, 0.15) is 17.4 Å². The van der Waals surface area contributed by atoms with Gasteiger partial charge in [-0.2, -0.15) is 5.26 Å². The van der Waals surface area contributed by atoms with Gasteiger partial charge in [0.15, 0.2) is 0 Å². The average Bonchev–Trinajstić information content (AvgIpc) is 2.54. The third-order valence-electron chi connectivity index (χ3n) is 4.12. The molecule has 0 saturated carbocycles. The first kappa shape index (κ1) is 16.2. The standard InChI is InChI=1S/C15H19N3O4/c1-15(2,14-9-22-5-4-17-14)11-6-10(8-16)12(18(19)20)7-13(11)21-3/h6-7,14,17H,4-5,9H2,1-3H3. The highest BCUT2D eigenvalue weighted by atomic mass is 16.6. The van der Waals surface area contributed by atoms with Crippen LogP contribution in [0.2, 0.25) is 0 Å². The Bertz CT molecular complexity index is 616. The molecule has 0 aromatic heterocycles. The Balaban J connectivity index is 2.53. The maximum atomic E-state index is 11.1. The van der Waals surface area contributed by atoms with Gasteiger partial charge in [0.05, 0.1) is 31.3 Å². The van der Waals surface area contributed by atoms with E-state index in [9.17, 15) is 15.4 Å². The van der Waals surface area contributed by atoms with Crippen LogP contribution in [0.4, 0.5) is 5.69 Å². The van der Waals surface area contributed by atoms with E-state index in [4.69, 9.17) is 9.47 Å². The van der Waals surface area contributed by atoms with Gasteiger partial charge in [-0.05, 0) is 6.07 Å². The summed E-state index contributed by atoms with van der Waals surface area (Å²) in [4.78, 5) is 10.5. The van der Waals surface area contributed by atoms with E-state index >= 15 is 0 Å². The van der Waals surface area contributed by atoms with Crippen LogP contribution in [0, 0.1) is 21.4 Å². The number of hydrogen-bond donors (Lipinski definition) is 1. The summed E-state index contributed by atoms with van der Waals surface area (Å²) in [6.45, 7) is 5.95. The summed E-state index contributed by atoms with van der Waals surface area (Å²) in [5.74, 6) is 0.406. The first-order chi connectivity index (χ1) is 10.4. The highest BCUT2D eigenvalue weighted by Gasteiger charge is 2.36. The lowest BCUT2D eigenvalue weighted by Crippen LogP contribution is -2.52. The zero-order valence-electron chi connectivity index (χ0n) is 12.9. The highest BCUT2D eigenvalue weighted by molar-refractivity contribution is 5.58. The third kappa shape index (κ3) is 2.89. The summed E-state index contributed by atoms with van der Waals surface area (Å²) in [5.41, 5.74) is 0.129. The summed E-state index contributed by atoms with van der Waals surface area (Å²) in [5, 5.41) is 23.7. The third-order valence-corrected chi connectivity index (χ3v) is 4.12. The predicted octanol–water partition coefficient (Wildman–Crippen LogP) is 1.74. The summed E-state index contributed by atoms with van der Waals surface area (Å²) in [6, 6.07) is 4.79. The van der Waals surface area contributed by atoms with Gasteiger partial charge in [0, 0.05) is 23.6 Å². The van der Waals surface area contributed by atoms with Crippen LogP contribution >= 0.6 is 0 Å². The second-order valence-corrected chi connectivity index (χ2v) is 5.74. The Morgan fingerprint density at radius 1 is 1.55 bits per heavy atom. The van der Waals surface area contributed by atoms with Crippen LogP contribution < -0.4 is 10.1 Å². The fourth-order valence-corrected chi connectivity index (χ4v) is 2.70. The number of hydrogen-bond acceptors (Lipinski definition) is 6. The van der Waals surface area contributed by atoms with Crippen molar-refractivity contribution in [3.05, 3.63) is 33.4 Å². The minimum Gasteiger partial charge on any atom is -0.496 e. The smallest absolute Gasteiger partial charge is 0.290 e. The molecule has 1 aromatic rings.